The number of nitrogens with one attached hydrogen (secondary N) is 3. The lowest BCUT2D eigenvalue weighted by Crippen LogP contribution is -2.31. The van der Waals surface area contributed by atoms with Crippen LogP contribution in [0.15, 0.2) is 58.1 Å². The van der Waals surface area contributed by atoms with E-state index in [1.165, 1.54) is 17.6 Å². The van der Waals surface area contributed by atoms with Crippen LogP contribution in [-0.2, 0) is 17.8 Å². The predicted molar refractivity (Wildman–Crippen MR) is 133 cm³/mol. The molecule has 1 amide bonds. The Labute approximate surface area is 209 Å². The van der Waals surface area contributed by atoms with Gasteiger partial charge in [0.15, 0.2) is 11.9 Å². The maximum atomic E-state index is 14.6. The molecule has 0 saturated heterocycles. The Kier molecular flexibility index (Phi) is 6.48. The number of benzene rings is 2. The number of amides is 1. The van der Waals surface area contributed by atoms with Crippen LogP contribution >= 0.6 is 0 Å². The summed E-state index contributed by atoms with van der Waals surface area (Å²) in [5.74, 6) is -1.21. The van der Waals surface area contributed by atoms with Gasteiger partial charge in [0.05, 0.1) is 0 Å². The zero-order valence-electron chi connectivity index (χ0n) is 19.9. The number of aliphatic hydroxyl groups is 2. The number of carbonyl (C=O) groups is 1. The van der Waals surface area contributed by atoms with E-state index >= 15 is 0 Å². The van der Waals surface area contributed by atoms with Crippen LogP contribution in [0.5, 0.6) is 0 Å². The van der Waals surface area contributed by atoms with Crippen molar-refractivity contribution < 1.29 is 19.4 Å². The van der Waals surface area contributed by atoms with Crippen LogP contribution < -0.4 is 16.6 Å². The third kappa shape index (κ3) is 5.09. The minimum absolute atomic E-state index is 0.102. The topological polar surface area (TPSA) is 153 Å². The van der Waals surface area contributed by atoms with Crippen molar-refractivity contribution in [1.29, 1.82) is 0 Å². The highest BCUT2D eigenvalue weighted by atomic mass is 19.1. The number of carbonyl (C=O) groups excluding carboxylic acids is 1. The second-order valence-electron chi connectivity index (χ2n) is 9.42. The van der Waals surface area contributed by atoms with Gasteiger partial charge in [0.2, 0.25) is 5.91 Å². The van der Waals surface area contributed by atoms with Crippen molar-refractivity contribution in [3.05, 3.63) is 92.1 Å². The Bertz CT molecular complexity index is 1570. The number of hydrogen-bond donors (Lipinski definition) is 5. The van der Waals surface area contributed by atoms with E-state index in [9.17, 15) is 29.0 Å². The Hall–Kier alpha value is -4.09. The summed E-state index contributed by atoms with van der Waals surface area (Å²) in [5.41, 5.74) is 0.783. The van der Waals surface area contributed by atoms with E-state index in [0.29, 0.717) is 23.5 Å². The number of aromatic amines is 2. The molecule has 0 aliphatic heterocycles. The van der Waals surface area contributed by atoms with Gasteiger partial charge in [-0.05, 0) is 48.1 Å². The van der Waals surface area contributed by atoms with Crippen molar-refractivity contribution in [3.8, 4) is 0 Å². The Morgan fingerprint density at radius 1 is 1.16 bits per heavy atom. The average Bonchev–Trinajstić information content (AvgIpc) is 3.49. The molecule has 3 unspecified atom stereocenters. The number of hydrogen-bond acceptors (Lipinski definition) is 6. The molecule has 192 valence electrons. The van der Waals surface area contributed by atoms with Gasteiger partial charge in [-0.1, -0.05) is 30.3 Å². The molecular formula is C26H26FN5O5. The van der Waals surface area contributed by atoms with Crippen LogP contribution in [0.4, 0.5) is 10.1 Å². The van der Waals surface area contributed by atoms with Crippen molar-refractivity contribution in [2.24, 2.45) is 11.8 Å². The molecular weight excluding hydrogens is 481 g/mol. The molecule has 2 aromatic carbocycles. The Morgan fingerprint density at radius 3 is 2.54 bits per heavy atom. The van der Waals surface area contributed by atoms with Crippen molar-refractivity contribution in [2.45, 2.75) is 38.5 Å². The maximum absolute atomic E-state index is 14.6. The van der Waals surface area contributed by atoms with E-state index in [4.69, 9.17) is 0 Å². The van der Waals surface area contributed by atoms with Gasteiger partial charge < -0.3 is 20.5 Å². The largest absolute Gasteiger partial charge is 0.368 e. The number of fused-ring (bicyclic) bond motifs is 1. The number of halogens is 1. The van der Waals surface area contributed by atoms with Crippen molar-refractivity contribution >= 4 is 22.8 Å². The molecule has 2 aromatic heterocycles. The first-order valence-electron chi connectivity index (χ1n) is 11.9. The van der Waals surface area contributed by atoms with Crippen LogP contribution in [0.25, 0.3) is 11.2 Å². The minimum atomic E-state index is -1.47. The van der Waals surface area contributed by atoms with E-state index in [-0.39, 0.29) is 47.7 Å². The summed E-state index contributed by atoms with van der Waals surface area (Å²) in [7, 11) is 0. The minimum Gasteiger partial charge on any atom is -0.368 e. The number of imidazole rings is 1. The first kappa shape index (κ1) is 24.6. The first-order chi connectivity index (χ1) is 17.7. The molecule has 0 radical (unpaired) electrons. The normalized spacial score (nSPS) is 17.8. The molecule has 1 fully saturated rings. The summed E-state index contributed by atoms with van der Waals surface area (Å²) in [6.07, 6.45) is -0.715. The van der Waals surface area contributed by atoms with Gasteiger partial charge in [0.25, 0.3) is 5.56 Å². The highest BCUT2D eigenvalue weighted by Crippen LogP contribution is 2.41. The molecule has 0 bridgehead atoms. The standard InChI is InChI=1S/C26H26FN5O5/c1-13(33)28-17-8-6-14(7-9-17)18(10-15-4-2-3-5-20(15)27)22-29-21-23(30-22)32(26(37)31-24(21)34)12-16-11-19(16)25(35)36/h2-9,16,18-19,25,35-36H,10-12H2,1H3,(H,28,33)(H,29,30)(H,31,34,37). The number of aliphatic hydroxyl groups excluding tert-OH is 1. The summed E-state index contributed by atoms with van der Waals surface area (Å²) in [6, 6.07) is 13.4. The second-order valence-corrected chi connectivity index (χ2v) is 9.42. The predicted octanol–water partition coefficient (Wildman–Crippen LogP) is 1.83. The van der Waals surface area contributed by atoms with Gasteiger partial charge >= 0.3 is 5.69 Å². The fourth-order valence-corrected chi connectivity index (χ4v) is 4.73. The molecule has 1 aliphatic rings. The lowest BCUT2D eigenvalue weighted by atomic mass is 9.91. The maximum Gasteiger partial charge on any atom is 0.330 e. The van der Waals surface area contributed by atoms with E-state index in [0.717, 1.165) is 5.56 Å². The lowest BCUT2D eigenvalue weighted by molar-refractivity contribution is -0.114. The number of aromatic nitrogens is 4. The van der Waals surface area contributed by atoms with Gasteiger partial charge in [0, 0.05) is 31.0 Å². The van der Waals surface area contributed by atoms with Crippen molar-refractivity contribution in [1.82, 2.24) is 19.5 Å². The molecule has 10 nitrogen and oxygen atoms in total. The molecule has 2 heterocycles. The number of anilines is 1. The Morgan fingerprint density at radius 2 is 1.89 bits per heavy atom. The van der Waals surface area contributed by atoms with Gasteiger partial charge in [-0.3, -0.25) is 19.1 Å². The van der Waals surface area contributed by atoms with Crippen molar-refractivity contribution in [2.75, 3.05) is 5.32 Å². The smallest absolute Gasteiger partial charge is 0.330 e. The average molecular weight is 508 g/mol. The fraction of sp³-hybridized carbons (Fsp3) is 0.308. The number of H-pyrrole nitrogens is 2. The van der Waals surface area contributed by atoms with Crippen LogP contribution in [0.1, 0.15) is 36.2 Å². The summed E-state index contributed by atoms with van der Waals surface area (Å²) < 4.78 is 15.9. The molecule has 5 N–H and O–H groups in total. The molecule has 4 aromatic rings. The molecule has 37 heavy (non-hydrogen) atoms. The summed E-state index contributed by atoms with van der Waals surface area (Å²) in [6.45, 7) is 1.58. The summed E-state index contributed by atoms with van der Waals surface area (Å²) >= 11 is 0. The summed E-state index contributed by atoms with van der Waals surface area (Å²) in [4.78, 5) is 46.6. The zero-order chi connectivity index (χ0) is 26.3. The molecule has 1 saturated carbocycles. The quantitative estimate of drug-likeness (QED) is 0.229. The van der Waals surface area contributed by atoms with Crippen LogP contribution in [0.3, 0.4) is 0 Å². The lowest BCUT2D eigenvalue weighted by Gasteiger charge is -2.16. The second kappa shape index (κ2) is 9.75. The molecule has 11 heteroatoms. The first-order valence-corrected chi connectivity index (χ1v) is 11.9. The van der Waals surface area contributed by atoms with Crippen molar-refractivity contribution in [3.63, 3.8) is 0 Å². The highest BCUT2D eigenvalue weighted by Gasteiger charge is 2.42. The van der Waals surface area contributed by atoms with Gasteiger partial charge in [-0.25, -0.2) is 14.2 Å². The van der Waals surface area contributed by atoms with Gasteiger partial charge in [0.1, 0.15) is 17.2 Å². The SMILES string of the molecule is CC(=O)Nc1ccc(C(Cc2ccccc2F)c2nc3c([nH]2)c(=O)[nH]c(=O)n3CC2CC2C(O)O)cc1. The van der Waals surface area contributed by atoms with Gasteiger partial charge in [-0.2, -0.15) is 0 Å². The van der Waals surface area contributed by atoms with E-state index in [1.54, 1.807) is 42.5 Å². The number of nitrogens with zero attached hydrogens (tertiary/aromatic N) is 2. The van der Waals surface area contributed by atoms with E-state index in [2.05, 4.69) is 20.3 Å². The summed E-state index contributed by atoms with van der Waals surface area (Å²) in [5, 5.41) is 21.6. The molecule has 3 atom stereocenters. The van der Waals surface area contributed by atoms with Crippen LogP contribution in [0, 0.1) is 17.7 Å². The monoisotopic (exact) mass is 507 g/mol. The van der Waals surface area contributed by atoms with Gasteiger partial charge in [-0.15, -0.1) is 0 Å². The zero-order valence-corrected chi connectivity index (χ0v) is 19.9. The third-order valence-electron chi connectivity index (χ3n) is 6.77. The third-order valence-corrected chi connectivity index (χ3v) is 6.77. The highest BCUT2D eigenvalue weighted by molar-refractivity contribution is 5.88. The molecule has 0 spiro atoms. The van der Waals surface area contributed by atoms with Crippen LogP contribution in [0.2, 0.25) is 0 Å². The Balaban J connectivity index is 1.58. The van der Waals surface area contributed by atoms with E-state index in [1.807, 2.05) is 0 Å². The molecule has 1 aliphatic carbocycles. The fourth-order valence-electron chi connectivity index (χ4n) is 4.73. The van der Waals surface area contributed by atoms with Crippen LogP contribution in [-0.4, -0.2) is 41.9 Å². The number of rotatable bonds is 8. The van der Waals surface area contributed by atoms with E-state index < -0.39 is 23.5 Å². The molecule has 5 rings (SSSR count).